The summed E-state index contributed by atoms with van der Waals surface area (Å²) >= 11 is 5.33. The van der Waals surface area contributed by atoms with Gasteiger partial charge in [-0.3, -0.25) is 18.8 Å². The van der Waals surface area contributed by atoms with E-state index in [1.54, 1.807) is 16.8 Å². The highest BCUT2D eigenvalue weighted by Crippen LogP contribution is 2.15. The Bertz CT molecular complexity index is 1160. The van der Waals surface area contributed by atoms with E-state index in [9.17, 15) is 9.59 Å². The SMILES string of the molecule is O=C(CCCCCn1c(=S)[nH]c2ccccc2c1=O)Nc1cnn(CC2CCCO2)c1. The number of aromatic amines is 1. The zero-order valence-corrected chi connectivity index (χ0v) is 18.2. The van der Waals surface area contributed by atoms with Gasteiger partial charge < -0.3 is 15.0 Å². The van der Waals surface area contributed by atoms with Crippen molar-refractivity contribution in [2.24, 2.45) is 0 Å². The Labute approximate surface area is 185 Å². The molecule has 0 bridgehead atoms. The standard InChI is InChI=1S/C22H27N5O3S/c28-20(24-16-13-23-26(14-16)15-17-7-6-12-30-17)10-2-1-5-11-27-21(29)18-8-3-4-9-19(18)25-22(27)31/h3-4,8-9,13-14,17H,1-2,5-7,10-12,15H2,(H,24,28)(H,25,31). The van der Waals surface area contributed by atoms with Crippen molar-refractivity contribution in [1.82, 2.24) is 19.3 Å². The zero-order valence-electron chi connectivity index (χ0n) is 17.4. The number of para-hydroxylation sites is 1. The van der Waals surface area contributed by atoms with Gasteiger partial charge in [-0.2, -0.15) is 5.10 Å². The van der Waals surface area contributed by atoms with Crippen molar-refractivity contribution in [3.8, 4) is 0 Å². The minimum Gasteiger partial charge on any atom is -0.376 e. The van der Waals surface area contributed by atoms with Gasteiger partial charge in [0.2, 0.25) is 5.91 Å². The first-order chi connectivity index (χ1) is 15.1. The summed E-state index contributed by atoms with van der Waals surface area (Å²) in [5.74, 6) is -0.0307. The third kappa shape index (κ3) is 5.48. The lowest BCUT2D eigenvalue weighted by Gasteiger charge is -2.08. The number of amides is 1. The molecule has 1 aliphatic heterocycles. The predicted molar refractivity (Wildman–Crippen MR) is 122 cm³/mol. The van der Waals surface area contributed by atoms with E-state index < -0.39 is 0 Å². The van der Waals surface area contributed by atoms with E-state index in [0.29, 0.717) is 35.4 Å². The second-order valence-electron chi connectivity index (χ2n) is 7.88. The second-order valence-corrected chi connectivity index (χ2v) is 8.26. The summed E-state index contributed by atoms with van der Waals surface area (Å²) in [6.45, 7) is 2.07. The van der Waals surface area contributed by atoms with Crippen LogP contribution in [0.15, 0.2) is 41.5 Å². The lowest BCUT2D eigenvalue weighted by molar-refractivity contribution is -0.116. The number of benzene rings is 1. The number of nitrogens with zero attached hydrogens (tertiary/aromatic N) is 3. The van der Waals surface area contributed by atoms with Crippen molar-refractivity contribution in [3.05, 3.63) is 51.8 Å². The van der Waals surface area contributed by atoms with Crippen LogP contribution in [0.3, 0.4) is 0 Å². The van der Waals surface area contributed by atoms with Gasteiger partial charge in [0, 0.05) is 25.8 Å². The van der Waals surface area contributed by atoms with Crippen molar-refractivity contribution < 1.29 is 9.53 Å². The molecule has 164 valence electrons. The first-order valence-electron chi connectivity index (χ1n) is 10.8. The maximum atomic E-state index is 12.6. The van der Waals surface area contributed by atoms with E-state index in [1.807, 2.05) is 29.1 Å². The number of hydrogen-bond donors (Lipinski definition) is 2. The molecule has 2 aromatic heterocycles. The largest absolute Gasteiger partial charge is 0.376 e. The Morgan fingerprint density at radius 2 is 2.16 bits per heavy atom. The third-order valence-electron chi connectivity index (χ3n) is 5.51. The summed E-state index contributed by atoms with van der Waals surface area (Å²) in [4.78, 5) is 27.9. The quantitative estimate of drug-likeness (QED) is 0.391. The summed E-state index contributed by atoms with van der Waals surface area (Å²) < 4.78 is 9.46. The molecule has 9 heteroatoms. The van der Waals surface area contributed by atoms with Crippen LogP contribution < -0.4 is 10.9 Å². The number of nitrogens with one attached hydrogen (secondary N) is 2. The molecule has 4 rings (SSSR count). The number of hydrogen-bond acceptors (Lipinski definition) is 5. The molecule has 1 atom stereocenters. The lowest BCUT2D eigenvalue weighted by Crippen LogP contribution is -2.22. The second kappa shape index (κ2) is 10.0. The van der Waals surface area contributed by atoms with Crippen molar-refractivity contribution in [2.45, 2.75) is 57.7 Å². The van der Waals surface area contributed by atoms with E-state index >= 15 is 0 Å². The number of fused-ring (bicyclic) bond motifs is 1. The zero-order chi connectivity index (χ0) is 21.6. The lowest BCUT2D eigenvalue weighted by atomic mass is 10.2. The number of anilines is 1. The smallest absolute Gasteiger partial charge is 0.262 e. The molecule has 0 radical (unpaired) electrons. The fourth-order valence-corrected chi connectivity index (χ4v) is 4.17. The van der Waals surface area contributed by atoms with E-state index in [2.05, 4.69) is 15.4 Å². The van der Waals surface area contributed by atoms with Crippen LogP contribution in [0.4, 0.5) is 5.69 Å². The number of carbonyl (C=O) groups excluding carboxylic acids is 1. The topological polar surface area (TPSA) is 93.9 Å². The van der Waals surface area contributed by atoms with Crippen LogP contribution in [0.1, 0.15) is 38.5 Å². The monoisotopic (exact) mass is 441 g/mol. The fourth-order valence-electron chi connectivity index (χ4n) is 3.88. The Kier molecular flexibility index (Phi) is 6.93. The van der Waals surface area contributed by atoms with E-state index in [-0.39, 0.29) is 17.6 Å². The van der Waals surface area contributed by atoms with Crippen LogP contribution in [-0.2, 0) is 22.6 Å². The van der Waals surface area contributed by atoms with Crippen molar-refractivity contribution in [2.75, 3.05) is 11.9 Å². The molecule has 1 aromatic carbocycles. The van der Waals surface area contributed by atoms with Gasteiger partial charge in [0.15, 0.2) is 4.77 Å². The van der Waals surface area contributed by atoms with Crippen LogP contribution in [0.25, 0.3) is 10.9 Å². The summed E-state index contributed by atoms with van der Waals surface area (Å²) in [5.41, 5.74) is 1.39. The van der Waals surface area contributed by atoms with Crippen LogP contribution in [0.2, 0.25) is 0 Å². The Morgan fingerprint density at radius 1 is 1.29 bits per heavy atom. The van der Waals surface area contributed by atoms with E-state index in [1.165, 1.54) is 0 Å². The van der Waals surface area contributed by atoms with Crippen LogP contribution in [0, 0.1) is 4.77 Å². The molecule has 1 saturated heterocycles. The normalized spacial score (nSPS) is 16.1. The van der Waals surface area contributed by atoms with Gasteiger partial charge in [-0.05, 0) is 50.0 Å². The number of carbonyl (C=O) groups is 1. The molecule has 0 aliphatic carbocycles. The average molecular weight is 442 g/mol. The fraction of sp³-hybridized carbons (Fsp3) is 0.455. The predicted octanol–water partition coefficient (Wildman–Crippen LogP) is 3.63. The van der Waals surface area contributed by atoms with Gasteiger partial charge in [0.1, 0.15) is 0 Å². The van der Waals surface area contributed by atoms with Crippen molar-refractivity contribution >= 4 is 34.7 Å². The average Bonchev–Trinajstić information content (AvgIpc) is 3.42. The highest BCUT2D eigenvalue weighted by Gasteiger charge is 2.16. The van der Waals surface area contributed by atoms with Crippen LogP contribution in [0.5, 0.6) is 0 Å². The summed E-state index contributed by atoms with van der Waals surface area (Å²) in [6, 6.07) is 7.36. The van der Waals surface area contributed by atoms with Gasteiger partial charge in [0.05, 0.1) is 35.4 Å². The number of ether oxygens (including phenoxy) is 1. The van der Waals surface area contributed by atoms with E-state index in [4.69, 9.17) is 17.0 Å². The van der Waals surface area contributed by atoms with Gasteiger partial charge in [-0.25, -0.2) is 0 Å². The number of unbranched alkanes of at least 4 members (excludes halogenated alkanes) is 2. The molecular weight excluding hydrogens is 414 g/mol. The summed E-state index contributed by atoms with van der Waals surface area (Å²) in [7, 11) is 0. The molecule has 31 heavy (non-hydrogen) atoms. The van der Waals surface area contributed by atoms with Crippen LogP contribution in [-0.4, -0.2) is 37.9 Å². The van der Waals surface area contributed by atoms with Gasteiger partial charge in [-0.1, -0.05) is 18.6 Å². The first kappa shape index (κ1) is 21.5. The van der Waals surface area contributed by atoms with Gasteiger partial charge >= 0.3 is 0 Å². The highest BCUT2D eigenvalue weighted by molar-refractivity contribution is 7.71. The molecular formula is C22H27N5O3S. The number of rotatable bonds is 9. The number of H-pyrrole nitrogens is 1. The molecule has 1 amide bonds. The minimum atomic E-state index is -0.0721. The maximum absolute atomic E-state index is 12.6. The molecule has 8 nitrogen and oxygen atoms in total. The minimum absolute atomic E-state index is 0.0307. The maximum Gasteiger partial charge on any atom is 0.262 e. The molecule has 1 fully saturated rings. The first-order valence-corrected chi connectivity index (χ1v) is 11.2. The molecule has 1 aliphatic rings. The van der Waals surface area contributed by atoms with Gasteiger partial charge in [0.25, 0.3) is 5.56 Å². The summed E-state index contributed by atoms with van der Waals surface area (Å²) in [5, 5.41) is 7.82. The molecule has 3 aromatic rings. The molecule has 0 saturated carbocycles. The molecule has 3 heterocycles. The van der Waals surface area contributed by atoms with Crippen molar-refractivity contribution in [1.29, 1.82) is 0 Å². The third-order valence-corrected chi connectivity index (χ3v) is 5.83. The Balaban J connectivity index is 1.20. The van der Waals surface area contributed by atoms with Crippen molar-refractivity contribution in [3.63, 3.8) is 0 Å². The van der Waals surface area contributed by atoms with Crippen LogP contribution >= 0.6 is 12.2 Å². The summed E-state index contributed by atoms with van der Waals surface area (Å²) in [6.07, 6.45) is 8.66. The molecule has 2 N–H and O–H groups in total. The van der Waals surface area contributed by atoms with E-state index in [0.717, 1.165) is 44.2 Å². The number of aromatic nitrogens is 4. The molecule has 1 unspecified atom stereocenters. The highest BCUT2D eigenvalue weighted by atomic mass is 32.1. The molecule has 0 spiro atoms. The van der Waals surface area contributed by atoms with Gasteiger partial charge in [-0.15, -0.1) is 0 Å². The Morgan fingerprint density at radius 3 is 3.00 bits per heavy atom. The Hall–Kier alpha value is -2.78.